The summed E-state index contributed by atoms with van der Waals surface area (Å²) in [5.74, 6) is -0.460. The van der Waals surface area contributed by atoms with E-state index in [0.717, 1.165) is 0 Å². The van der Waals surface area contributed by atoms with E-state index in [-0.39, 0.29) is 12.8 Å². The lowest BCUT2D eigenvalue weighted by Gasteiger charge is -2.33. The first-order chi connectivity index (χ1) is 10.9. The van der Waals surface area contributed by atoms with Crippen LogP contribution < -0.4 is 10.1 Å². The molecule has 1 heterocycles. The third-order valence-corrected chi connectivity index (χ3v) is 3.79. The number of nitrogens with one attached hydrogen (secondary N) is 1. The molecule has 1 saturated heterocycles. The highest BCUT2D eigenvalue weighted by Crippen LogP contribution is 2.22. The third-order valence-electron chi connectivity index (χ3n) is 3.79. The molecule has 1 fully saturated rings. The van der Waals surface area contributed by atoms with Crippen molar-refractivity contribution in [2.24, 2.45) is 5.92 Å². The SMILES string of the molecule is CC(C)COc1cccc(C(=O)NC2(C(=O)O)CCOCC2)c1. The van der Waals surface area contributed by atoms with Gasteiger partial charge in [-0.15, -0.1) is 0 Å². The first-order valence-corrected chi connectivity index (χ1v) is 7.79. The van der Waals surface area contributed by atoms with Crippen LogP contribution in [0.2, 0.25) is 0 Å². The molecule has 1 amide bonds. The molecule has 6 heteroatoms. The average Bonchev–Trinajstić information content (AvgIpc) is 2.54. The Morgan fingerprint density at radius 3 is 2.65 bits per heavy atom. The second-order valence-corrected chi connectivity index (χ2v) is 6.19. The molecule has 23 heavy (non-hydrogen) atoms. The number of amides is 1. The van der Waals surface area contributed by atoms with Gasteiger partial charge in [-0.25, -0.2) is 4.79 Å². The third kappa shape index (κ3) is 4.45. The average molecular weight is 321 g/mol. The van der Waals surface area contributed by atoms with Gasteiger partial charge in [0.25, 0.3) is 5.91 Å². The van der Waals surface area contributed by atoms with Gasteiger partial charge in [-0.3, -0.25) is 4.79 Å². The van der Waals surface area contributed by atoms with Gasteiger partial charge in [-0.05, 0) is 24.1 Å². The van der Waals surface area contributed by atoms with E-state index in [1.807, 2.05) is 13.8 Å². The van der Waals surface area contributed by atoms with Gasteiger partial charge in [0.15, 0.2) is 0 Å². The monoisotopic (exact) mass is 321 g/mol. The van der Waals surface area contributed by atoms with E-state index in [9.17, 15) is 14.7 Å². The fraction of sp³-hybridized carbons (Fsp3) is 0.529. The molecule has 1 aromatic carbocycles. The zero-order chi connectivity index (χ0) is 16.9. The van der Waals surface area contributed by atoms with Gasteiger partial charge in [0, 0.05) is 31.6 Å². The van der Waals surface area contributed by atoms with E-state index in [4.69, 9.17) is 9.47 Å². The Balaban J connectivity index is 2.10. The van der Waals surface area contributed by atoms with Crippen LogP contribution in [-0.4, -0.2) is 42.3 Å². The summed E-state index contributed by atoms with van der Waals surface area (Å²) in [4.78, 5) is 24.0. The van der Waals surface area contributed by atoms with Crippen LogP contribution >= 0.6 is 0 Å². The Morgan fingerprint density at radius 2 is 2.04 bits per heavy atom. The number of aliphatic carboxylic acids is 1. The van der Waals surface area contributed by atoms with E-state index in [2.05, 4.69) is 5.32 Å². The summed E-state index contributed by atoms with van der Waals surface area (Å²) in [6.45, 7) is 5.28. The number of carboxylic acids is 1. The van der Waals surface area contributed by atoms with Crippen LogP contribution in [0.3, 0.4) is 0 Å². The van der Waals surface area contributed by atoms with E-state index in [1.54, 1.807) is 24.3 Å². The Hall–Kier alpha value is -2.08. The van der Waals surface area contributed by atoms with Gasteiger partial charge in [-0.1, -0.05) is 19.9 Å². The van der Waals surface area contributed by atoms with Crippen molar-refractivity contribution in [2.75, 3.05) is 19.8 Å². The number of ether oxygens (including phenoxy) is 2. The predicted octanol–water partition coefficient (Wildman–Crippen LogP) is 2.08. The van der Waals surface area contributed by atoms with Crippen LogP contribution in [0.5, 0.6) is 5.75 Å². The molecule has 0 radical (unpaired) electrons. The van der Waals surface area contributed by atoms with Gasteiger partial charge in [0.2, 0.25) is 0 Å². The number of carbonyl (C=O) groups excluding carboxylic acids is 1. The lowest BCUT2D eigenvalue weighted by atomic mass is 9.89. The van der Waals surface area contributed by atoms with Crippen molar-refractivity contribution in [3.05, 3.63) is 29.8 Å². The van der Waals surface area contributed by atoms with Crippen molar-refractivity contribution in [3.8, 4) is 5.75 Å². The minimum Gasteiger partial charge on any atom is -0.493 e. The van der Waals surface area contributed by atoms with Gasteiger partial charge in [-0.2, -0.15) is 0 Å². The summed E-state index contributed by atoms with van der Waals surface area (Å²) < 4.78 is 10.8. The van der Waals surface area contributed by atoms with Crippen LogP contribution in [-0.2, 0) is 9.53 Å². The van der Waals surface area contributed by atoms with E-state index >= 15 is 0 Å². The molecule has 1 aromatic rings. The molecule has 0 aliphatic carbocycles. The van der Waals surface area contributed by atoms with E-state index in [0.29, 0.717) is 37.1 Å². The van der Waals surface area contributed by atoms with Gasteiger partial charge < -0.3 is 19.9 Å². The molecule has 0 atom stereocenters. The van der Waals surface area contributed by atoms with Crippen molar-refractivity contribution in [2.45, 2.75) is 32.2 Å². The summed E-state index contributed by atoms with van der Waals surface area (Å²) in [7, 11) is 0. The first kappa shape index (κ1) is 17.3. The summed E-state index contributed by atoms with van der Waals surface area (Å²) in [6.07, 6.45) is 0.523. The molecule has 0 bridgehead atoms. The van der Waals surface area contributed by atoms with Crippen molar-refractivity contribution in [3.63, 3.8) is 0 Å². The number of hydrogen-bond donors (Lipinski definition) is 2. The maximum absolute atomic E-state index is 12.4. The molecule has 126 valence electrons. The van der Waals surface area contributed by atoms with Crippen molar-refractivity contribution in [1.82, 2.24) is 5.32 Å². The van der Waals surface area contributed by atoms with Crippen LogP contribution in [0.15, 0.2) is 24.3 Å². The Kier molecular flexibility index (Phi) is 5.60. The Morgan fingerprint density at radius 1 is 1.35 bits per heavy atom. The number of carboxylic acid groups (broad SMARTS) is 1. The lowest BCUT2D eigenvalue weighted by Crippen LogP contribution is -2.57. The molecule has 0 aromatic heterocycles. The van der Waals surface area contributed by atoms with Crippen molar-refractivity contribution < 1.29 is 24.2 Å². The summed E-state index contributed by atoms with van der Waals surface area (Å²) >= 11 is 0. The summed E-state index contributed by atoms with van der Waals surface area (Å²) in [6, 6.07) is 6.78. The first-order valence-electron chi connectivity index (χ1n) is 7.79. The molecule has 2 N–H and O–H groups in total. The van der Waals surface area contributed by atoms with Crippen molar-refractivity contribution >= 4 is 11.9 Å². The maximum Gasteiger partial charge on any atom is 0.329 e. The van der Waals surface area contributed by atoms with Crippen LogP contribution in [0.4, 0.5) is 0 Å². The minimum atomic E-state index is -1.26. The topological polar surface area (TPSA) is 84.9 Å². The highest BCUT2D eigenvalue weighted by molar-refractivity contribution is 5.98. The molecular weight excluding hydrogens is 298 g/mol. The molecular formula is C17H23NO5. The highest BCUT2D eigenvalue weighted by atomic mass is 16.5. The molecule has 0 spiro atoms. The molecule has 6 nitrogen and oxygen atoms in total. The van der Waals surface area contributed by atoms with Gasteiger partial charge in [0.05, 0.1) is 6.61 Å². The maximum atomic E-state index is 12.4. The van der Waals surface area contributed by atoms with E-state index in [1.165, 1.54) is 0 Å². The number of hydrogen-bond acceptors (Lipinski definition) is 4. The number of carbonyl (C=O) groups is 2. The predicted molar refractivity (Wildman–Crippen MR) is 84.7 cm³/mol. The van der Waals surface area contributed by atoms with Crippen LogP contribution in [0.25, 0.3) is 0 Å². The molecule has 1 aliphatic rings. The molecule has 2 rings (SSSR count). The van der Waals surface area contributed by atoms with E-state index < -0.39 is 17.4 Å². The van der Waals surface area contributed by atoms with Crippen molar-refractivity contribution in [1.29, 1.82) is 0 Å². The second-order valence-electron chi connectivity index (χ2n) is 6.19. The van der Waals surface area contributed by atoms with Crippen LogP contribution in [0, 0.1) is 5.92 Å². The lowest BCUT2D eigenvalue weighted by molar-refractivity contribution is -0.148. The second kappa shape index (κ2) is 7.46. The molecule has 1 aliphatic heterocycles. The van der Waals surface area contributed by atoms with Crippen LogP contribution in [0.1, 0.15) is 37.0 Å². The fourth-order valence-electron chi connectivity index (χ4n) is 2.39. The zero-order valence-electron chi connectivity index (χ0n) is 13.5. The summed E-state index contributed by atoms with van der Waals surface area (Å²) in [5.41, 5.74) is -0.872. The van der Waals surface area contributed by atoms with Gasteiger partial charge in [0.1, 0.15) is 11.3 Å². The number of benzene rings is 1. The zero-order valence-corrected chi connectivity index (χ0v) is 13.5. The standard InChI is InChI=1S/C17H23NO5/c1-12(2)11-23-14-5-3-4-13(10-14)15(19)18-17(16(20)21)6-8-22-9-7-17/h3-5,10,12H,6-9,11H2,1-2H3,(H,18,19)(H,20,21). The fourth-order valence-corrected chi connectivity index (χ4v) is 2.39. The smallest absolute Gasteiger partial charge is 0.329 e. The Labute approximate surface area is 135 Å². The molecule has 0 unspecified atom stereocenters. The quantitative estimate of drug-likeness (QED) is 0.838. The highest BCUT2D eigenvalue weighted by Gasteiger charge is 2.41. The number of rotatable bonds is 6. The summed E-state index contributed by atoms with van der Waals surface area (Å²) in [5, 5.41) is 12.2. The Bertz CT molecular complexity index is 564. The molecule has 0 saturated carbocycles. The van der Waals surface area contributed by atoms with Gasteiger partial charge >= 0.3 is 5.97 Å². The normalized spacial score (nSPS) is 16.8. The largest absolute Gasteiger partial charge is 0.493 e. The minimum absolute atomic E-state index is 0.262.